The summed E-state index contributed by atoms with van der Waals surface area (Å²) in [5.41, 5.74) is 3.95. The third-order valence-electron chi connectivity index (χ3n) is 5.23. The van der Waals surface area contributed by atoms with E-state index in [1.165, 1.54) is 30.6 Å². The fraction of sp³-hybridized carbons (Fsp3) is 0.154. The maximum atomic E-state index is 14.8. The summed E-state index contributed by atoms with van der Waals surface area (Å²) in [6.07, 6.45) is 2.91. The fourth-order valence-electron chi connectivity index (χ4n) is 3.56. The van der Waals surface area contributed by atoms with E-state index in [0.29, 0.717) is 11.1 Å². The van der Waals surface area contributed by atoms with Crippen LogP contribution in [0.4, 0.5) is 13.2 Å². The van der Waals surface area contributed by atoms with Crippen LogP contribution in [0.2, 0.25) is 0 Å². The lowest BCUT2D eigenvalue weighted by Gasteiger charge is -2.11. The quantitative estimate of drug-likeness (QED) is 0.347. The minimum atomic E-state index is -0.629. The van der Waals surface area contributed by atoms with Gasteiger partial charge in [-0.25, -0.2) is 23.1 Å². The van der Waals surface area contributed by atoms with Crippen molar-refractivity contribution >= 4 is 0 Å². The monoisotopic (exact) mass is 418 g/mol. The SMILES string of the molecule is Cc1ccc(-c2ccc(-c3cnc(-c4cc(F)c(C(C)C)c(F)c4)nc3)c(F)c2)cc1. The molecule has 1 heterocycles. The maximum Gasteiger partial charge on any atom is 0.159 e. The van der Waals surface area contributed by atoms with Crippen molar-refractivity contribution in [2.24, 2.45) is 0 Å². The Labute approximate surface area is 179 Å². The topological polar surface area (TPSA) is 25.8 Å². The zero-order valence-corrected chi connectivity index (χ0v) is 17.5. The van der Waals surface area contributed by atoms with Gasteiger partial charge in [0.2, 0.25) is 0 Å². The van der Waals surface area contributed by atoms with Gasteiger partial charge in [0.15, 0.2) is 5.82 Å². The molecular formula is C26H21F3N2. The summed E-state index contributed by atoms with van der Waals surface area (Å²) in [7, 11) is 0. The van der Waals surface area contributed by atoms with Crippen LogP contribution in [0.1, 0.15) is 30.9 Å². The van der Waals surface area contributed by atoms with Gasteiger partial charge in [0.25, 0.3) is 0 Å². The average molecular weight is 418 g/mol. The largest absolute Gasteiger partial charge is 0.236 e. The van der Waals surface area contributed by atoms with Crippen molar-refractivity contribution in [2.75, 3.05) is 0 Å². The third-order valence-corrected chi connectivity index (χ3v) is 5.23. The van der Waals surface area contributed by atoms with E-state index in [0.717, 1.165) is 16.7 Å². The van der Waals surface area contributed by atoms with E-state index in [2.05, 4.69) is 9.97 Å². The van der Waals surface area contributed by atoms with Crippen LogP contribution in [0.5, 0.6) is 0 Å². The number of hydrogen-bond donors (Lipinski definition) is 0. The Balaban J connectivity index is 1.63. The van der Waals surface area contributed by atoms with Gasteiger partial charge in [-0.2, -0.15) is 0 Å². The highest BCUT2D eigenvalue weighted by Gasteiger charge is 2.16. The Morgan fingerprint density at radius 1 is 0.645 bits per heavy atom. The summed E-state index contributed by atoms with van der Waals surface area (Å²) in [6.45, 7) is 5.45. The molecule has 0 aliphatic rings. The van der Waals surface area contributed by atoms with Gasteiger partial charge < -0.3 is 0 Å². The first-order chi connectivity index (χ1) is 14.8. The smallest absolute Gasteiger partial charge is 0.159 e. The number of benzene rings is 3. The second kappa shape index (κ2) is 8.34. The third kappa shape index (κ3) is 4.22. The van der Waals surface area contributed by atoms with Crippen LogP contribution >= 0.6 is 0 Å². The molecule has 0 radical (unpaired) electrons. The summed E-state index contributed by atoms with van der Waals surface area (Å²) in [5.74, 6) is -1.75. The van der Waals surface area contributed by atoms with Gasteiger partial charge in [-0.15, -0.1) is 0 Å². The summed E-state index contributed by atoms with van der Waals surface area (Å²) in [5, 5.41) is 0. The van der Waals surface area contributed by atoms with Crippen LogP contribution in [0.25, 0.3) is 33.6 Å². The van der Waals surface area contributed by atoms with E-state index in [1.807, 2.05) is 37.3 Å². The van der Waals surface area contributed by atoms with Gasteiger partial charge in [0.1, 0.15) is 17.5 Å². The first kappa shape index (κ1) is 20.8. The molecular weight excluding hydrogens is 397 g/mol. The highest BCUT2D eigenvalue weighted by molar-refractivity contribution is 5.71. The lowest BCUT2D eigenvalue weighted by atomic mass is 9.99. The molecule has 0 atom stereocenters. The van der Waals surface area contributed by atoms with Crippen LogP contribution < -0.4 is 0 Å². The minimum absolute atomic E-state index is 0.0381. The van der Waals surface area contributed by atoms with Gasteiger partial charge in [-0.05, 0) is 42.2 Å². The number of aromatic nitrogens is 2. The first-order valence-electron chi connectivity index (χ1n) is 10.0. The van der Waals surface area contributed by atoms with E-state index in [-0.39, 0.29) is 22.9 Å². The van der Waals surface area contributed by atoms with E-state index < -0.39 is 17.5 Å². The lowest BCUT2D eigenvalue weighted by Crippen LogP contribution is -2.00. The standard InChI is InChI=1S/C26H21F3N2/c1-15(2)25-23(28)11-19(12-24(25)29)26-30-13-20(14-31-26)21-9-8-18(10-22(21)27)17-6-4-16(3)5-7-17/h4-15H,1-3H3. The molecule has 4 aromatic rings. The lowest BCUT2D eigenvalue weighted by molar-refractivity contribution is 0.542. The van der Waals surface area contributed by atoms with Crippen molar-refractivity contribution in [3.8, 4) is 33.6 Å². The normalized spacial score (nSPS) is 11.2. The molecule has 0 fully saturated rings. The average Bonchev–Trinajstić information content (AvgIpc) is 2.73. The zero-order chi connectivity index (χ0) is 22.1. The van der Waals surface area contributed by atoms with Crippen molar-refractivity contribution < 1.29 is 13.2 Å². The molecule has 156 valence electrons. The molecule has 4 rings (SSSR count). The minimum Gasteiger partial charge on any atom is -0.236 e. The molecule has 3 aromatic carbocycles. The van der Waals surface area contributed by atoms with Gasteiger partial charge in [0, 0.05) is 34.6 Å². The Kier molecular flexibility index (Phi) is 5.59. The van der Waals surface area contributed by atoms with Gasteiger partial charge in [0.05, 0.1) is 0 Å². The molecule has 2 nitrogen and oxygen atoms in total. The molecule has 1 aromatic heterocycles. The van der Waals surface area contributed by atoms with Gasteiger partial charge >= 0.3 is 0 Å². The molecule has 0 aliphatic carbocycles. The van der Waals surface area contributed by atoms with Crippen molar-refractivity contribution in [3.05, 3.63) is 95.6 Å². The molecule has 0 saturated heterocycles. The molecule has 0 N–H and O–H groups in total. The second-order valence-corrected chi connectivity index (χ2v) is 7.86. The zero-order valence-electron chi connectivity index (χ0n) is 17.5. The van der Waals surface area contributed by atoms with Crippen LogP contribution in [0, 0.1) is 24.4 Å². The Hall–Kier alpha value is -3.47. The van der Waals surface area contributed by atoms with E-state index in [9.17, 15) is 13.2 Å². The highest BCUT2D eigenvalue weighted by Crippen LogP contribution is 2.30. The predicted molar refractivity (Wildman–Crippen MR) is 117 cm³/mol. The highest BCUT2D eigenvalue weighted by atomic mass is 19.1. The Bertz CT molecular complexity index is 1210. The van der Waals surface area contributed by atoms with Gasteiger partial charge in [-0.3, -0.25) is 0 Å². The first-order valence-corrected chi connectivity index (χ1v) is 10.0. The van der Waals surface area contributed by atoms with Crippen LogP contribution in [0.3, 0.4) is 0 Å². The molecule has 0 aliphatic heterocycles. The van der Waals surface area contributed by atoms with Crippen molar-refractivity contribution in [2.45, 2.75) is 26.7 Å². The number of aryl methyl sites for hydroxylation is 1. The molecule has 5 heteroatoms. The number of rotatable bonds is 4. The van der Waals surface area contributed by atoms with Crippen molar-refractivity contribution in [1.29, 1.82) is 0 Å². The number of halogens is 3. The van der Waals surface area contributed by atoms with Crippen molar-refractivity contribution in [3.63, 3.8) is 0 Å². The van der Waals surface area contributed by atoms with E-state index in [1.54, 1.807) is 19.9 Å². The maximum absolute atomic E-state index is 14.8. The van der Waals surface area contributed by atoms with Gasteiger partial charge in [-0.1, -0.05) is 55.8 Å². The molecule has 0 unspecified atom stereocenters. The number of nitrogens with zero attached hydrogens (tertiary/aromatic N) is 2. The molecule has 0 bridgehead atoms. The summed E-state index contributed by atoms with van der Waals surface area (Å²) in [4.78, 5) is 8.40. The van der Waals surface area contributed by atoms with Crippen LogP contribution in [-0.4, -0.2) is 9.97 Å². The Morgan fingerprint density at radius 2 is 1.19 bits per heavy atom. The molecule has 0 spiro atoms. The van der Waals surface area contributed by atoms with E-state index in [4.69, 9.17) is 0 Å². The molecule has 0 saturated carbocycles. The summed E-state index contributed by atoms with van der Waals surface area (Å²) >= 11 is 0. The second-order valence-electron chi connectivity index (χ2n) is 7.86. The fourth-order valence-corrected chi connectivity index (χ4v) is 3.56. The molecule has 0 amide bonds. The van der Waals surface area contributed by atoms with Crippen LogP contribution in [0.15, 0.2) is 67.0 Å². The van der Waals surface area contributed by atoms with Crippen LogP contribution in [-0.2, 0) is 0 Å². The van der Waals surface area contributed by atoms with E-state index >= 15 is 0 Å². The van der Waals surface area contributed by atoms with Crippen molar-refractivity contribution in [1.82, 2.24) is 9.97 Å². The summed E-state index contributed by atoms with van der Waals surface area (Å²) < 4.78 is 43.4. The predicted octanol–water partition coefficient (Wildman–Crippen LogP) is 7.33. The Morgan fingerprint density at radius 3 is 1.74 bits per heavy atom. The number of hydrogen-bond acceptors (Lipinski definition) is 2. The summed E-state index contributed by atoms with van der Waals surface area (Å²) in [6, 6.07) is 15.3. The molecule has 31 heavy (non-hydrogen) atoms.